The second-order valence-electron chi connectivity index (χ2n) is 8.43. The van der Waals surface area contributed by atoms with Crippen molar-refractivity contribution in [3.8, 4) is 0 Å². The van der Waals surface area contributed by atoms with Crippen molar-refractivity contribution in [1.82, 2.24) is 9.88 Å². The summed E-state index contributed by atoms with van der Waals surface area (Å²) < 4.78 is 28.7. The van der Waals surface area contributed by atoms with Crippen molar-refractivity contribution in [2.75, 3.05) is 18.4 Å². The van der Waals surface area contributed by atoms with E-state index >= 15 is 0 Å². The summed E-state index contributed by atoms with van der Waals surface area (Å²) in [6, 6.07) is 15.3. The summed E-state index contributed by atoms with van der Waals surface area (Å²) in [6.45, 7) is 3.23. The van der Waals surface area contributed by atoms with Crippen molar-refractivity contribution >= 4 is 38.2 Å². The third-order valence-electron chi connectivity index (χ3n) is 6.06. The molecule has 0 aliphatic carbocycles. The Kier molecular flexibility index (Phi) is 5.76. The summed E-state index contributed by atoms with van der Waals surface area (Å²) in [7, 11) is -3.64. The van der Waals surface area contributed by atoms with Crippen molar-refractivity contribution in [1.29, 1.82) is 0 Å². The Morgan fingerprint density at radius 3 is 2.61 bits per heavy atom. The van der Waals surface area contributed by atoms with E-state index in [1.165, 1.54) is 22.5 Å². The fraction of sp³-hybridized carbons (Fsp3) is 0.292. The molecule has 0 spiro atoms. The fourth-order valence-corrected chi connectivity index (χ4v) is 6.31. The van der Waals surface area contributed by atoms with Crippen LogP contribution in [0.25, 0.3) is 0 Å². The molecular formula is C24H24N4O3S2. The molecule has 2 aliphatic heterocycles. The second-order valence-corrected chi connectivity index (χ2v) is 11.1. The topological polar surface area (TPSA) is 91.7 Å². The molecule has 9 heteroatoms. The summed E-state index contributed by atoms with van der Waals surface area (Å²) in [5.74, 6) is 0.317. The molecule has 0 saturated carbocycles. The molecule has 3 heterocycles. The van der Waals surface area contributed by atoms with E-state index in [2.05, 4.69) is 45.9 Å². The third kappa shape index (κ3) is 4.56. The number of piperidine rings is 1. The van der Waals surface area contributed by atoms with Crippen molar-refractivity contribution in [2.24, 2.45) is 10.3 Å². The zero-order valence-corrected chi connectivity index (χ0v) is 19.8. The molecule has 5 rings (SSSR count). The summed E-state index contributed by atoms with van der Waals surface area (Å²) in [4.78, 5) is 20.5. The number of hydrogen-bond acceptors (Lipinski definition) is 6. The molecule has 1 saturated heterocycles. The van der Waals surface area contributed by atoms with Crippen molar-refractivity contribution in [3.05, 3.63) is 76.3 Å². The predicted octanol–water partition coefficient (Wildman–Crippen LogP) is 3.84. The highest BCUT2D eigenvalue weighted by molar-refractivity contribution is 7.90. The molecule has 0 bridgehead atoms. The smallest absolute Gasteiger partial charge is 0.285 e. The van der Waals surface area contributed by atoms with Gasteiger partial charge in [0.05, 0.1) is 0 Å². The van der Waals surface area contributed by atoms with Gasteiger partial charge in [-0.25, -0.2) is 4.98 Å². The maximum Gasteiger partial charge on any atom is 0.285 e. The normalized spacial score (nSPS) is 17.5. The number of fused-ring (bicyclic) bond motifs is 1. The molecule has 0 atom stereocenters. The van der Waals surface area contributed by atoms with Crippen molar-refractivity contribution in [2.45, 2.75) is 31.1 Å². The molecular weight excluding hydrogens is 456 g/mol. The summed E-state index contributed by atoms with van der Waals surface area (Å²) in [6.07, 6.45) is 3.88. The standard InChI is InChI=1S/C24H24N4O3S2/c1-16-6-8-17(9-7-16)14-19-15-25-24(32-19)26-23(29)18-10-12-28(13-11-18)22-20-4-2-3-5-21(20)33(30,31)27-22/h2-9,15,18H,10-14H2,1H3,(H,25,26,29). The van der Waals surface area contributed by atoms with Gasteiger partial charge in [0, 0.05) is 42.1 Å². The number of anilines is 1. The first-order chi connectivity index (χ1) is 15.9. The van der Waals surface area contributed by atoms with E-state index in [0.717, 1.165) is 11.3 Å². The number of likely N-dealkylation sites (tertiary alicyclic amines) is 1. The van der Waals surface area contributed by atoms with Crippen LogP contribution in [0.1, 0.15) is 34.4 Å². The molecule has 170 valence electrons. The van der Waals surface area contributed by atoms with Crippen LogP contribution in [0.15, 0.2) is 64.0 Å². The summed E-state index contributed by atoms with van der Waals surface area (Å²) in [5, 5.41) is 3.58. The van der Waals surface area contributed by atoms with Crippen LogP contribution in [-0.4, -0.2) is 43.1 Å². The third-order valence-corrected chi connectivity index (χ3v) is 8.30. The Labute approximate surface area is 197 Å². The first-order valence-electron chi connectivity index (χ1n) is 10.9. The van der Waals surface area contributed by atoms with Gasteiger partial charge < -0.3 is 10.2 Å². The lowest BCUT2D eigenvalue weighted by Crippen LogP contribution is -2.41. The van der Waals surface area contributed by atoms with E-state index in [1.54, 1.807) is 18.2 Å². The number of rotatable bonds is 4. The Hall–Kier alpha value is -3.04. The zero-order valence-electron chi connectivity index (χ0n) is 18.2. The number of aromatic nitrogens is 1. The largest absolute Gasteiger partial charge is 0.355 e. The van der Waals surface area contributed by atoms with Crippen LogP contribution in [0.4, 0.5) is 5.13 Å². The van der Waals surface area contributed by atoms with Gasteiger partial charge in [-0.3, -0.25) is 4.79 Å². The highest BCUT2D eigenvalue weighted by Gasteiger charge is 2.34. The number of nitrogens with zero attached hydrogens (tertiary/aromatic N) is 3. The maximum atomic E-state index is 12.8. The fourth-order valence-electron chi connectivity index (χ4n) is 4.23. The van der Waals surface area contributed by atoms with E-state index in [9.17, 15) is 13.2 Å². The molecule has 1 aromatic heterocycles. The van der Waals surface area contributed by atoms with Crippen molar-refractivity contribution in [3.63, 3.8) is 0 Å². The molecule has 1 amide bonds. The van der Waals surface area contributed by atoms with Gasteiger partial charge in [-0.2, -0.15) is 8.42 Å². The molecule has 0 unspecified atom stereocenters. The van der Waals surface area contributed by atoms with Crippen molar-refractivity contribution < 1.29 is 13.2 Å². The van der Waals surface area contributed by atoms with Crippen LogP contribution in [0.5, 0.6) is 0 Å². The first-order valence-corrected chi connectivity index (χ1v) is 13.2. The van der Waals surface area contributed by atoms with Crippen LogP contribution in [0.2, 0.25) is 0 Å². The number of nitrogens with one attached hydrogen (secondary N) is 1. The van der Waals surface area contributed by atoms with Crippen LogP contribution in [0, 0.1) is 12.8 Å². The average molecular weight is 481 g/mol. The highest BCUT2D eigenvalue weighted by Crippen LogP contribution is 2.30. The summed E-state index contributed by atoms with van der Waals surface area (Å²) in [5.41, 5.74) is 3.09. The van der Waals surface area contributed by atoms with Gasteiger partial charge in [-0.05, 0) is 37.5 Å². The van der Waals surface area contributed by atoms with E-state index < -0.39 is 10.0 Å². The molecule has 2 aromatic carbocycles. The minimum absolute atomic E-state index is 0.0349. The Bertz CT molecular complexity index is 1320. The SMILES string of the molecule is Cc1ccc(Cc2cnc(NC(=O)C3CCN(C4=NS(=O)(=O)c5ccccc54)CC3)s2)cc1. The average Bonchev–Trinajstić information content (AvgIpc) is 3.37. The van der Waals surface area contributed by atoms with E-state index in [-0.39, 0.29) is 16.7 Å². The number of carbonyl (C=O) groups is 1. The Morgan fingerprint density at radius 1 is 1.12 bits per heavy atom. The Balaban J connectivity index is 1.18. The van der Waals surface area contributed by atoms with Gasteiger partial charge in [0.2, 0.25) is 5.91 Å². The number of amides is 1. The lowest BCUT2D eigenvalue weighted by molar-refractivity contribution is -0.120. The second kappa shape index (κ2) is 8.72. The molecule has 7 nitrogen and oxygen atoms in total. The molecule has 33 heavy (non-hydrogen) atoms. The first kappa shape index (κ1) is 21.8. The van der Waals surface area contributed by atoms with Gasteiger partial charge in [-0.15, -0.1) is 15.7 Å². The van der Waals surface area contributed by atoms with Crippen LogP contribution < -0.4 is 5.32 Å². The molecule has 1 fully saturated rings. The molecule has 2 aliphatic rings. The number of aryl methyl sites for hydroxylation is 1. The van der Waals surface area contributed by atoms with Crippen LogP contribution in [-0.2, 0) is 21.2 Å². The zero-order chi connectivity index (χ0) is 23.0. The summed E-state index contributed by atoms with van der Waals surface area (Å²) >= 11 is 1.50. The molecule has 3 aromatic rings. The number of thiazole rings is 1. The van der Waals surface area contributed by atoms with Gasteiger partial charge in [-0.1, -0.05) is 42.0 Å². The minimum Gasteiger partial charge on any atom is -0.355 e. The quantitative estimate of drug-likeness (QED) is 0.613. The number of carbonyl (C=O) groups excluding carboxylic acids is 1. The maximum absolute atomic E-state index is 12.8. The van der Waals surface area contributed by atoms with E-state index in [0.29, 0.717) is 42.5 Å². The molecule has 1 N–H and O–H groups in total. The number of hydrogen-bond donors (Lipinski definition) is 1. The molecule has 0 radical (unpaired) electrons. The lowest BCUT2D eigenvalue weighted by Gasteiger charge is -2.32. The van der Waals surface area contributed by atoms with E-state index in [4.69, 9.17) is 0 Å². The van der Waals surface area contributed by atoms with E-state index in [1.807, 2.05) is 17.2 Å². The van der Waals surface area contributed by atoms with Gasteiger partial charge in [0.25, 0.3) is 10.0 Å². The van der Waals surface area contributed by atoms with Gasteiger partial charge >= 0.3 is 0 Å². The number of sulfonamides is 1. The highest BCUT2D eigenvalue weighted by atomic mass is 32.2. The van der Waals surface area contributed by atoms with Gasteiger partial charge in [0.15, 0.2) is 11.0 Å². The monoisotopic (exact) mass is 480 g/mol. The minimum atomic E-state index is -3.64. The Morgan fingerprint density at radius 2 is 1.85 bits per heavy atom. The van der Waals surface area contributed by atoms with Crippen LogP contribution >= 0.6 is 11.3 Å². The van der Waals surface area contributed by atoms with Crippen LogP contribution in [0.3, 0.4) is 0 Å². The van der Waals surface area contributed by atoms with Gasteiger partial charge in [0.1, 0.15) is 4.90 Å². The predicted molar refractivity (Wildman–Crippen MR) is 129 cm³/mol. The lowest BCUT2D eigenvalue weighted by atomic mass is 9.95. The number of amidine groups is 1. The number of benzene rings is 2.